The van der Waals surface area contributed by atoms with Gasteiger partial charge in [0.05, 0.1) is 54.7 Å². The number of aromatic nitrogens is 1. The van der Waals surface area contributed by atoms with E-state index in [0.29, 0.717) is 34.4 Å². The topological polar surface area (TPSA) is 239 Å². The van der Waals surface area contributed by atoms with Gasteiger partial charge in [0, 0.05) is 22.4 Å². The molecule has 0 bridgehead atoms. The molecule has 2 amide bonds. The predicted octanol–water partition coefficient (Wildman–Crippen LogP) is -0.717. The van der Waals surface area contributed by atoms with E-state index in [1.807, 2.05) is 0 Å². The molecule has 2 fully saturated rings. The van der Waals surface area contributed by atoms with Crippen molar-refractivity contribution in [2.24, 2.45) is 0 Å². The Balaban J connectivity index is 1.40. The van der Waals surface area contributed by atoms with E-state index < -0.39 is 68.7 Å². The van der Waals surface area contributed by atoms with Crippen LogP contribution in [-0.2, 0) is 34.9 Å². The van der Waals surface area contributed by atoms with Crippen LogP contribution in [0.5, 0.6) is 0 Å². The number of nitrogens with one attached hydrogen (secondary N) is 2. The molecule has 15 nitrogen and oxygen atoms in total. The number of carbonyl (C=O) groups is 4. The number of aliphatic hydroxyl groups excluding tert-OH is 1. The largest absolute Gasteiger partial charge is 0.618 e. The summed E-state index contributed by atoms with van der Waals surface area (Å²) in [5.41, 5.74) is 0.858. The maximum Gasteiger partial charge on any atom is 0.478 e. The maximum atomic E-state index is 13.2. The number of carboxylic acids is 2. The van der Waals surface area contributed by atoms with Crippen LogP contribution in [0.1, 0.15) is 49.1 Å². The first kappa shape index (κ1) is 34.1. The highest BCUT2D eigenvalue weighted by molar-refractivity contribution is 7.12. The molecule has 0 radical (unpaired) electrons. The standard InChI is InChI=1S/C27H33B2N3O12S/c33-9-8-19(27(39)31-23-7-5-18(13-26(37)38)44-29(23)41)21-10-15(14-45-21)20-3-1-2-16(32(20)42)11-24(34)30-22-6-4-17(12-25(35)36)43-28(22)40/h1-3,8,10,14,17-18,22-23,33,40-41H,4-7,9,11-13H2,(H,30,34)(H,31,39)(H,35,36)(H,37,38). The third-order valence-electron chi connectivity index (χ3n) is 7.48. The van der Waals surface area contributed by atoms with E-state index in [4.69, 9.17) is 19.5 Å². The van der Waals surface area contributed by atoms with Crippen LogP contribution in [0, 0.1) is 5.21 Å². The van der Waals surface area contributed by atoms with Crippen molar-refractivity contribution in [3.63, 3.8) is 0 Å². The van der Waals surface area contributed by atoms with Gasteiger partial charge in [0.2, 0.25) is 17.3 Å². The van der Waals surface area contributed by atoms with Crippen LogP contribution in [0.15, 0.2) is 35.7 Å². The molecule has 4 atom stereocenters. The zero-order valence-electron chi connectivity index (χ0n) is 24.0. The molecule has 4 heterocycles. The van der Waals surface area contributed by atoms with Gasteiger partial charge in [-0.25, -0.2) is 0 Å². The van der Waals surface area contributed by atoms with Gasteiger partial charge in [-0.1, -0.05) is 0 Å². The lowest BCUT2D eigenvalue weighted by atomic mass is 9.72. The van der Waals surface area contributed by atoms with Crippen LogP contribution >= 0.6 is 11.3 Å². The van der Waals surface area contributed by atoms with Gasteiger partial charge >= 0.3 is 26.2 Å². The number of pyridine rings is 1. The number of aliphatic carboxylic acids is 2. The Kier molecular flexibility index (Phi) is 11.7. The Labute approximate surface area is 262 Å². The van der Waals surface area contributed by atoms with Gasteiger partial charge in [-0.15, -0.1) is 11.3 Å². The summed E-state index contributed by atoms with van der Waals surface area (Å²) < 4.78 is 11.2. The molecule has 7 N–H and O–H groups in total. The van der Waals surface area contributed by atoms with Crippen molar-refractivity contribution in [2.45, 2.75) is 69.0 Å². The Morgan fingerprint density at radius 3 is 2.13 bits per heavy atom. The normalized spacial score (nSPS) is 22.2. The number of carboxylic acid groups (broad SMARTS) is 2. The summed E-state index contributed by atoms with van der Waals surface area (Å²) in [6.45, 7) is -0.465. The third-order valence-corrected chi connectivity index (χ3v) is 8.45. The molecule has 18 heteroatoms. The van der Waals surface area contributed by atoms with E-state index in [1.54, 1.807) is 23.6 Å². The zero-order valence-corrected chi connectivity index (χ0v) is 24.9. The summed E-state index contributed by atoms with van der Waals surface area (Å²) >= 11 is 1.14. The minimum atomic E-state index is -1.41. The number of aliphatic hydroxyl groups is 1. The first-order chi connectivity index (χ1) is 21.4. The second kappa shape index (κ2) is 15.5. The second-order valence-electron chi connectivity index (χ2n) is 10.8. The lowest BCUT2D eigenvalue weighted by Crippen LogP contribution is -2.53. The second-order valence-corrected chi connectivity index (χ2v) is 11.7. The summed E-state index contributed by atoms with van der Waals surface area (Å²) in [4.78, 5) is 48.1. The van der Waals surface area contributed by atoms with Crippen LogP contribution < -0.4 is 15.4 Å². The summed E-state index contributed by atoms with van der Waals surface area (Å²) in [5, 5.41) is 68.1. The van der Waals surface area contributed by atoms with Gasteiger partial charge < -0.3 is 50.5 Å². The van der Waals surface area contributed by atoms with Crippen molar-refractivity contribution in [1.82, 2.24) is 10.6 Å². The van der Waals surface area contributed by atoms with E-state index in [1.165, 1.54) is 12.1 Å². The van der Waals surface area contributed by atoms with Gasteiger partial charge in [-0.05, 0) is 43.9 Å². The average molecular weight is 645 g/mol. The molecule has 2 aliphatic heterocycles. The van der Waals surface area contributed by atoms with Gasteiger partial charge in [0.1, 0.15) is 6.42 Å². The highest BCUT2D eigenvalue weighted by atomic mass is 32.1. The van der Waals surface area contributed by atoms with E-state index in [-0.39, 0.29) is 42.6 Å². The molecule has 0 aliphatic carbocycles. The quantitative estimate of drug-likeness (QED) is 0.0656. The van der Waals surface area contributed by atoms with Crippen molar-refractivity contribution in [1.29, 1.82) is 0 Å². The first-order valence-corrected chi connectivity index (χ1v) is 15.2. The molecule has 2 aromatic heterocycles. The molecule has 2 aliphatic rings. The van der Waals surface area contributed by atoms with Crippen molar-refractivity contribution in [2.75, 3.05) is 6.61 Å². The van der Waals surface area contributed by atoms with Gasteiger partial charge in [-0.3, -0.25) is 19.2 Å². The van der Waals surface area contributed by atoms with E-state index >= 15 is 0 Å². The Hall–Kier alpha value is -3.80. The van der Waals surface area contributed by atoms with Crippen molar-refractivity contribution >= 4 is 54.9 Å². The average Bonchev–Trinajstić information content (AvgIpc) is 3.44. The van der Waals surface area contributed by atoms with Crippen molar-refractivity contribution in [3.8, 4) is 11.3 Å². The minimum Gasteiger partial charge on any atom is -0.618 e. The maximum absolute atomic E-state index is 13.2. The molecule has 0 spiro atoms. The molecular formula is C27H33B2N3O12S. The molecule has 2 saturated heterocycles. The van der Waals surface area contributed by atoms with E-state index in [2.05, 4.69) is 10.6 Å². The lowest BCUT2D eigenvalue weighted by Gasteiger charge is -2.31. The Morgan fingerprint density at radius 2 is 1.58 bits per heavy atom. The summed E-state index contributed by atoms with van der Waals surface area (Å²) in [7, 11) is -2.80. The van der Waals surface area contributed by atoms with Crippen molar-refractivity contribution < 1.29 is 58.6 Å². The number of hydrogen-bond acceptors (Lipinski definition) is 11. The lowest BCUT2D eigenvalue weighted by molar-refractivity contribution is -0.601. The number of carbonyl (C=O) groups excluding carboxylic acids is 2. The summed E-state index contributed by atoms with van der Waals surface area (Å²) in [6, 6.07) is 6.20. The first-order valence-electron chi connectivity index (χ1n) is 14.3. The number of rotatable bonds is 12. The SMILES string of the molecule is O=C(O)CC1CCC(NC(=O)Cc2cccc(-c3csc(C(=CCO)C(=O)NC4CCC(CC(=O)O)OB4O)c3)[n+]2[O-])B(O)O1. The number of amides is 2. The van der Waals surface area contributed by atoms with Crippen LogP contribution in [0.25, 0.3) is 16.8 Å². The minimum absolute atomic E-state index is 0.0976. The smallest absolute Gasteiger partial charge is 0.478 e. The number of thiophene rings is 1. The molecule has 0 aromatic carbocycles. The number of nitrogens with zero attached hydrogens (tertiary/aromatic N) is 1. The fourth-order valence-corrected chi connectivity index (χ4v) is 6.22. The summed E-state index contributed by atoms with van der Waals surface area (Å²) in [5.74, 6) is -4.83. The zero-order chi connectivity index (χ0) is 32.7. The molecule has 0 saturated carbocycles. The Bertz CT molecular complexity index is 1440. The fraction of sp³-hybridized carbons (Fsp3) is 0.444. The highest BCUT2D eigenvalue weighted by Crippen LogP contribution is 2.30. The highest BCUT2D eigenvalue weighted by Gasteiger charge is 2.38. The van der Waals surface area contributed by atoms with Crippen LogP contribution in [0.4, 0.5) is 0 Å². The van der Waals surface area contributed by atoms with Gasteiger partial charge in [-0.2, -0.15) is 4.73 Å². The molecule has 240 valence electrons. The van der Waals surface area contributed by atoms with Crippen LogP contribution in [-0.4, -0.2) is 94.1 Å². The van der Waals surface area contributed by atoms with Gasteiger partial charge in [0.15, 0.2) is 0 Å². The molecular weight excluding hydrogens is 612 g/mol. The molecule has 4 unspecified atom stereocenters. The molecule has 45 heavy (non-hydrogen) atoms. The van der Waals surface area contributed by atoms with Gasteiger partial charge in [0.25, 0.3) is 5.91 Å². The van der Waals surface area contributed by atoms with Crippen LogP contribution in [0.3, 0.4) is 0 Å². The van der Waals surface area contributed by atoms with E-state index in [9.17, 15) is 39.5 Å². The number of hydrogen-bond donors (Lipinski definition) is 7. The molecule has 4 rings (SSSR count). The molecule has 2 aromatic rings. The van der Waals surface area contributed by atoms with E-state index in [0.717, 1.165) is 11.3 Å². The van der Waals surface area contributed by atoms with Crippen molar-refractivity contribution in [3.05, 3.63) is 51.5 Å². The summed E-state index contributed by atoms with van der Waals surface area (Å²) in [6.07, 6.45) is 0.331. The Morgan fingerprint density at radius 1 is 0.978 bits per heavy atom. The monoisotopic (exact) mass is 645 g/mol. The van der Waals surface area contributed by atoms with Crippen LogP contribution in [0.2, 0.25) is 0 Å². The third kappa shape index (κ3) is 9.12. The fourth-order valence-electron chi connectivity index (χ4n) is 5.27. The predicted molar refractivity (Wildman–Crippen MR) is 160 cm³/mol.